The zero-order chi connectivity index (χ0) is 21.3. The monoisotopic (exact) mass is 430 g/mol. The number of carbonyl (C=O) groups is 2. The number of carbonyl (C=O) groups excluding carboxylic acids is 2. The number of nitrogens with one attached hydrogen (secondary N) is 3. The maximum atomic E-state index is 12.5. The van der Waals surface area contributed by atoms with E-state index in [2.05, 4.69) is 20.9 Å². The van der Waals surface area contributed by atoms with Gasteiger partial charge in [-0.1, -0.05) is 29.8 Å². The molecule has 8 heteroatoms. The molecule has 0 unspecified atom stereocenters. The van der Waals surface area contributed by atoms with Crippen molar-refractivity contribution < 1.29 is 14.3 Å². The van der Waals surface area contributed by atoms with E-state index in [1.54, 1.807) is 31.4 Å². The molecule has 1 fully saturated rings. The van der Waals surface area contributed by atoms with Gasteiger partial charge >= 0.3 is 6.03 Å². The van der Waals surface area contributed by atoms with Crippen molar-refractivity contribution in [3.05, 3.63) is 59.1 Å². The molecule has 0 bridgehead atoms. The van der Waals surface area contributed by atoms with E-state index in [1.165, 1.54) is 0 Å². The number of para-hydroxylation sites is 1. The topological polar surface area (TPSA) is 82.7 Å². The van der Waals surface area contributed by atoms with Crippen LogP contribution in [0.1, 0.15) is 23.2 Å². The lowest BCUT2D eigenvalue weighted by molar-refractivity contribution is 0.0937. The Morgan fingerprint density at radius 2 is 1.90 bits per heavy atom. The molecule has 0 aromatic heterocycles. The van der Waals surface area contributed by atoms with Gasteiger partial charge < -0.3 is 25.6 Å². The average molecular weight is 431 g/mol. The zero-order valence-corrected chi connectivity index (χ0v) is 17.7. The summed E-state index contributed by atoms with van der Waals surface area (Å²) in [5.74, 6) is -0.108. The Bertz CT molecular complexity index is 869. The first kappa shape index (κ1) is 21.9. The Hall–Kier alpha value is -2.77. The number of nitrogens with zero attached hydrogens (tertiary/aromatic N) is 1. The standard InChI is InChI=1S/C22H27ClN4O3/c1-30-14-11-24-21(28)19-7-2-3-8-20(19)27-12-9-17(10-13-27)25-22(29)26-18-6-4-5-16(23)15-18/h2-8,15,17H,9-14H2,1H3,(H,24,28)(H2,25,26,29). The largest absolute Gasteiger partial charge is 0.383 e. The normalized spacial score (nSPS) is 14.3. The number of piperidine rings is 1. The van der Waals surface area contributed by atoms with Gasteiger partial charge in [0, 0.05) is 49.2 Å². The molecule has 1 heterocycles. The first-order chi connectivity index (χ1) is 14.6. The maximum absolute atomic E-state index is 12.5. The van der Waals surface area contributed by atoms with Crippen LogP contribution in [0, 0.1) is 0 Å². The fraction of sp³-hybridized carbons (Fsp3) is 0.364. The molecule has 1 saturated heterocycles. The third-order valence-corrected chi connectivity index (χ3v) is 5.23. The highest BCUT2D eigenvalue weighted by Gasteiger charge is 2.23. The van der Waals surface area contributed by atoms with Crippen LogP contribution >= 0.6 is 11.6 Å². The maximum Gasteiger partial charge on any atom is 0.319 e. The van der Waals surface area contributed by atoms with Crippen LogP contribution in [0.15, 0.2) is 48.5 Å². The molecule has 3 amide bonds. The quantitative estimate of drug-likeness (QED) is 0.587. The van der Waals surface area contributed by atoms with E-state index < -0.39 is 0 Å². The van der Waals surface area contributed by atoms with Crippen molar-refractivity contribution in [1.29, 1.82) is 0 Å². The van der Waals surface area contributed by atoms with E-state index >= 15 is 0 Å². The number of urea groups is 1. The first-order valence-electron chi connectivity index (χ1n) is 10.0. The minimum Gasteiger partial charge on any atom is -0.383 e. The van der Waals surface area contributed by atoms with Gasteiger partial charge in [0.25, 0.3) is 5.91 Å². The summed E-state index contributed by atoms with van der Waals surface area (Å²) in [6.07, 6.45) is 1.59. The van der Waals surface area contributed by atoms with Crippen LogP contribution < -0.4 is 20.9 Å². The molecule has 1 aliphatic rings. The van der Waals surface area contributed by atoms with Crippen molar-refractivity contribution in [2.24, 2.45) is 0 Å². The Labute approximate surface area is 181 Å². The van der Waals surface area contributed by atoms with Crippen LogP contribution in [0.25, 0.3) is 0 Å². The van der Waals surface area contributed by atoms with Crippen molar-refractivity contribution in [3.8, 4) is 0 Å². The minimum absolute atomic E-state index is 0.0723. The first-order valence-corrected chi connectivity index (χ1v) is 10.4. The predicted octanol–water partition coefficient (Wildman–Crippen LogP) is 3.51. The lowest BCUT2D eigenvalue weighted by Crippen LogP contribution is -2.46. The van der Waals surface area contributed by atoms with E-state index in [9.17, 15) is 9.59 Å². The molecule has 0 atom stereocenters. The molecular weight excluding hydrogens is 404 g/mol. The van der Waals surface area contributed by atoms with Crippen LogP contribution in [0.3, 0.4) is 0 Å². The number of amides is 3. The number of ether oxygens (including phenoxy) is 1. The zero-order valence-electron chi connectivity index (χ0n) is 17.0. The van der Waals surface area contributed by atoms with Crippen LogP contribution in [0.2, 0.25) is 5.02 Å². The van der Waals surface area contributed by atoms with E-state index in [0.717, 1.165) is 31.6 Å². The van der Waals surface area contributed by atoms with E-state index in [0.29, 0.717) is 29.4 Å². The van der Waals surface area contributed by atoms with Crippen LogP contribution in [-0.4, -0.2) is 51.3 Å². The predicted molar refractivity (Wildman–Crippen MR) is 119 cm³/mol. The van der Waals surface area contributed by atoms with Crippen molar-refractivity contribution in [3.63, 3.8) is 0 Å². The van der Waals surface area contributed by atoms with E-state index in [1.807, 2.05) is 24.3 Å². The molecule has 2 aromatic rings. The third-order valence-electron chi connectivity index (χ3n) is 4.99. The van der Waals surface area contributed by atoms with E-state index in [-0.39, 0.29) is 18.0 Å². The van der Waals surface area contributed by atoms with Gasteiger partial charge in [0.15, 0.2) is 0 Å². The van der Waals surface area contributed by atoms with Crippen LogP contribution in [-0.2, 0) is 4.74 Å². The van der Waals surface area contributed by atoms with Gasteiger partial charge in [-0.05, 0) is 43.2 Å². The summed E-state index contributed by atoms with van der Waals surface area (Å²) in [6.45, 7) is 2.45. The summed E-state index contributed by atoms with van der Waals surface area (Å²) < 4.78 is 4.99. The van der Waals surface area contributed by atoms with Crippen molar-refractivity contribution in [1.82, 2.24) is 10.6 Å². The Kier molecular flexibility index (Phi) is 7.93. The number of benzene rings is 2. The van der Waals surface area contributed by atoms with Gasteiger partial charge in [-0.2, -0.15) is 0 Å². The number of halogens is 1. The fourth-order valence-electron chi connectivity index (χ4n) is 3.49. The summed E-state index contributed by atoms with van der Waals surface area (Å²) in [6, 6.07) is 14.5. The van der Waals surface area contributed by atoms with Gasteiger partial charge in [0.1, 0.15) is 0 Å². The number of anilines is 2. The lowest BCUT2D eigenvalue weighted by atomic mass is 10.0. The molecule has 1 aliphatic heterocycles. The molecular formula is C22H27ClN4O3. The highest BCUT2D eigenvalue weighted by atomic mass is 35.5. The Morgan fingerprint density at radius 3 is 2.63 bits per heavy atom. The second-order valence-corrected chi connectivity index (χ2v) is 7.57. The van der Waals surface area contributed by atoms with Crippen molar-refractivity contribution in [2.75, 3.05) is 43.6 Å². The van der Waals surface area contributed by atoms with Gasteiger partial charge in [0.05, 0.1) is 12.2 Å². The third kappa shape index (κ3) is 6.11. The summed E-state index contributed by atoms with van der Waals surface area (Å²) in [7, 11) is 1.60. The molecule has 0 radical (unpaired) electrons. The summed E-state index contributed by atoms with van der Waals surface area (Å²) in [5.41, 5.74) is 2.22. The number of hydrogen-bond donors (Lipinski definition) is 3. The minimum atomic E-state index is -0.242. The fourth-order valence-corrected chi connectivity index (χ4v) is 3.68. The Morgan fingerprint density at radius 1 is 1.13 bits per heavy atom. The smallest absolute Gasteiger partial charge is 0.319 e. The second-order valence-electron chi connectivity index (χ2n) is 7.14. The molecule has 160 valence electrons. The molecule has 3 rings (SSSR count). The van der Waals surface area contributed by atoms with Gasteiger partial charge in [-0.3, -0.25) is 4.79 Å². The summed E-state index contributed by atoms with van der Waals surface area (Å²) in [5, 5.41) is 9.28. The second kappa shape index (κ2) is 10.8. The van der Waals surface area contributed by atoms with E-state index in [4.69, 9.17) is 16.3 Å². The molecule has 2 aromatic carbocycles. The summed E-state index contributed by atoms with van der Waals surface area (Å²) >= 11 is 5.95. The molecule has 0 spiro atoms. The van der Waals surface area contributed by atoms with Gasteiger partial charge in [-0.15, -0.1) is 0 Å². The van der Waals surface area contributed by atoms with Crippen molar-refractivity contribution >= 4 is 34.9 Å². The highest BCUT2D eigenvalue weighted by Crippen LogP contribution is 2.24. The molecule has 0 saturated carbocycles. The number of rotatable bonds is 7. The molecule has 0 aliphatic carbocycles. The van der Waals surface area contributed by atoms with Crippen LogP contribution in [0.4, 0.5) is 16.2 Å². The molecule has 3 N–H and O–H groups in total. The van der Waals surface area contributed by atoms with Crippen molar-refractivity contribution in [2.45, 2.75) is 18.9 Å². The Balaban J connectivity index is 1.53. The average Bonchev–Trinajstić information content (AvgIpc) is 2.74. The van der Waals surface area contributed by atoms with Gasteiger partial charge in [0.2, 0.25) is 0 Å². The molecule has 30 heavy (non-hydrogen) atoms. The lowest BCUT2D eigenvalue weighted by Gasteiger charge is -2.34. The molecule has 7 nitrogen and oxygen atoms in total. The SMILES string of the molecule is COCCNC(=O)c1ccccc1N1CCC(NC(=O)Nc2cccc(Cl)c2)CC1. The summed E-state index contributed by atoms with van der Waals surface area (Å²) in [4.78, 5) is 27.0. The van der Waals surface area contributed by atoms with Gasteiger partial charge in [-0.25, -0.2) is 4.79 Å². The van der Waals surface area contributed by atoms with Crippen LogP contribution in [0.5, 0.6) is 0 Å². The number of hydrogen-bond acceptors (Lipinski definition) is 4. The highest BCUT2D eigenvalue weighted by molar-refractivity contribution is 6.30. The number of methoxy groups -OCH3 is 1.